The molecule has 17 heavy (non-hydrogen) atoms. The lowest BCUT2D eigenvalue weighted by molar-refractivity contribution is -0.597. The molecule has 2 aromatic rings. The van der Waals surface area contributed by atoms with Crippen molar-refractivity contribution in [3.05, 3.63) is 67.8 Å². The molecule has 0 amide bonds. The van der Waals surface area contributed by atoms with E-state index in [1.165, 1.54) is 7.14 Å². The lowest BCUT2D eigenvalue weighted by atomic mass is 10.4. The van der Waals surface area contributed by atoms with Crippen LogP contribution in [0.3, 0.4) is 0 Å². The third kappa shape index (κ3) is 6.73. The standard InChI is InChI=1S/C12H10I.C2H4O2/c1-3-7-11(8-4-1)13-12-9-5-2-6-10-12;1-2(3)4/h1-10H;1H3,(H,3,4)/q+1;. The molecule has 0 radical (unpaired) electrons. The van der Waals surface area contributed by atoms with Gasteiger partial charge in [0, 0.05) is 6.92 Å². The molecule has 0 aliphatic heterocycles. The fourth-order valence-electron chi connectivity index (χ4n) is 1.08. The van der Waals surface area contributed by atoms with Gasteiger partial charge in [-0.3, -0.25) is 4.79 Å². The number of halogens is 1. The molecule has 0 aliphatic rings. The van der Waals surface area contributed by atoms with Gasteiger partial charge in [-0.1, -0.05) is 36.4 Å². The number of benzene rings is 2. The van der Waals surface area contributed by atoms with Gasteiger partial charge in [-0.25, -0.2) is 0 Å². The van der Waals surface area contributed by atoms with Crippen LogP contribution >= 0.6 is 0 Å². The van der Waals surface area contributed by atoms with E-state index in [4.69, 9.17) is 9.90 Å². The first-order valence-corrected chi connectivity index (χ1v) is 7.28. The van der Waals surface area contributed by atoms with Gasteiger partial charge < -0.3 is 5.11 Å². The maximum atomic E-state index is 9.00. The highest BCUT2D eigenvalue weighted by atomic mass is 127. The Bertz CT molecular complexity index is 399. The summed E-state index contributed by atoms with van der Waals surface area (Å²) in [6, 6.07) is 21.4. The average molecular weight is 341 g/mol. The van der Waals surface area contributed by atoms with Gasteiger partial charge in [-0.15, -0.1) is 0 Å². The molecule has 0 aromatic heterocycles. The van der Waals surface area contributed by atoms with Crippen molar-refractivity contribution in [1.29, 1.82) is 0 Å². The molecule has 2 nitrogen and oxygen atoms in total. The molecule has 0 aliphatic carbocycles. The molecule has 1 N–H and O–H groups in total. The zero-order valence-electron chi connectivity index (χ0n) is 9.51. The number of carboxylic acids is 1. The Morgan fingerprint density at radius 3 is 1.47 bits per heavy atom. The van der Waals surface area contributed by atoms with Crippen LogP contribution in [0.25, 0.3) is 0 Å². The summed E-state index contributed by atoms with van der Waals surface area (Å²) < 4.78 is 2.96. The average Bonchev–Trinajstić information content (AvgIpc) is 2.31. The molecule has 0 unspecified atom stereocenters. The van der Waals surface area contributed by atoms with Crippen LogP contribution in [0.4, 0.5) is 0 Å². The predicted molar refractivity (Wildman–Crippen MR) is 63.6 cm³/mol. The van der Waals surface area contributed by atoms with Crippen molar-refractivity contribution >= 4 is 5.97 Å². The molecule has 0 atom stereocenters. The van der Waals surface area contributed by atoms with Crippen LogP contribution in [-0.2, 0) is 4.79 Å². The van der Waals surface area contributed by atoms with E-state index in [9.17, 15) is 0 Å². The number of aliphatic carboxylic acids is 1. The van der Waals surface area contributed by atoms with E-state index < -0.39 is 5.97 Å². The summed E-state index contributed by atoms with van der Waals surface area (Å²) in [4.78, 5) is 9.00. The van der Waals surface area contributed by atoms with Crippen LogP contribution in [0.15, 0.2) is 60.7 Å². The van der Waals surface area contributed by atoms with E-state index in [0.717, 1.165) is 6.92 Å². The summed E-state index contributed by atoms with van der Waals surface area (Å²) >= 11 is 0.0287. The molecular weight excluding hydrogens is 327 g/mol. The van der Waals surface area contributed by atoms with E-state index in [0.29, 0.717) is 0 Å². The van der Waals surface area contributed by atoms with Gasteiger partial charge in [-0.05, 0) is 24.3 Å². The van der Waals surface area contributed by atoms with E-state index in [-0.39, 0.29) is 21.2 Å². The Morgan fingerprint density at radius 1 is 0.882 bits per heavy atom. The van der Waals surface area contributed by atoms with Gasteiger partial charge in [-0.2, -0.15) is 0 Å². The van der Waals surface area contributed by atoms with Crippen LogP contribution < -0.4 is 21.2 Å². The van der Waals surface area contributed by atoms with Gasteiger partial charge in [0.25, 0.3) is 5.97 Å². The van der Waals surface area contributed by atoms with Crippen molar-refractivity contribution in [1.82, 2.24) is 0 Å². The second-order valence-corrected chi connectivity index (χ2v) is 6.24. The number of carboxylic acid groups (broad SMARTS) is 1. The minimum absolute atomic E-state index is 0.0287. The van der Waals surface area contributed by atoms with Crippen molar-refractivity contribution in [3.8, 4) is 0 Å². The van der Waals surface area contributed by atoms with Crippen LogP contribution in [-0.4, -0.2) is 11.1 Å². The normalized spacial score (nSPS) is 9.00. The molecule has 0 saturated heterocycles. The lowest BCUT2D eigenvalue weighted by Gasteiger charge is -1.84. The van der Waals surface area contributed by atoms with Gasteiger partial charge in [0.15, 0.2) is 7.14 Å². The Hall–Kier alpha value is -1.36. The molecule has 0 heterocycles. The van der Waals surface area contributed by atoms with Gasteiger partial charge >= 0.3 is 21.2 Å². The fourth-order valence-corrected chi connectivity index (χ4v) is 3.35. The van der Waals surface area contributed by atoms with Crippen molar-refractivity contribution in [3.63, 3.8) is 0 Å². The first-order valence-electron chi connectivity index (χ1n) is 5.13. The largest absolute Gasteiger partial charge is 0.481 e. The number of hydrogen-bond acceptors (Lipinski definition) is 1. The summed E-state index contributed by atoms with van der Waals surface area (Å²) in [6.07, 6.45) is 0. The van der Waals surface area contributed by atoms with E-state index in [1.54, 1.807) is 0 Å². The lowest BCUT2D eigenvalue weighted by Crippen LogP contribution is -3.61. The van der Waals surface area contributed by atoms with Gasteiger partial charge in [0.1, 0.15) is 0 Å². The highest BCUT2D eigenvalue weighted by Gasteiger charge is 2.12. The molecule has 88 valence electrons. The number of hydrogen-bond donors (Lipinski definition) is 1. The topological polar surface area (TPSA) is 37.3 Å². The van der Waals surface area contributed by atoms with E-state index in [2.05, 4.69) is 60.7 Å². The second-order valence-electron chi connectivity index (χ2n) is 3.20. The minimum atomic E-state index is -0.833. The SMILES string of the molecule is CC(=O)O.c1ccc([I+]c2ccccc2)cc1. The Balaban J connectivity index is 0.000000317. The Labute approximate surface area is 112 Å². The Morgan fingerprint density at radius 2 is 1.18 bits per heavy atom. The zero-order valence-corrected chi connectivity index (χ0v) is 11.7. The summed E-state index contributed by atoms with van der Waals surface area (Å²) in [5.74, 6) is -0.833. The molecule has 3 heteroatoms. The Kier molecular flexibility index (Phi) is 6.32. The van der Waals surface area contributed by atoms with E-state index in [1.807, 2.05) is 0 Å². The molecular formula is C14H14IO2+. The number of carbonyl (C=O) groups is 1. The fraction of sp³-hybridized carbons (Fsp3) is 0.0714. The maximum absolute atomic E-state index is 9.00. The predicted octanol–water partition coefficient (Wildman–Crippen LogP) is -0.0941. The molecule has 0 fully saturated rings. The second kappa shape index (κ2) is 7.84. The molecule has 0 bridgehead atoms. The molecule has 0 spiro atoms. The zero-order chi connectivity index (χ0) is 12.5. The highest BCUT2D eigenvalue weighted by molar-refractivity contribution is 5.62. The quantitative estimate of drug-likeness (QED) is 0.775. The summed E-state index contributed by atoms with van der Waals surface area (Å²) in [6.45, 7) is 1.08. The summed E-state index contributed by atoms with van der Waals surface area (Å²) in [5.41, 5.74) is 0. The van der Waals surface area contributed by atoms with Crippen LogP contribution in [0, 0.1) is 7.14 Å². The summed E-state index contributed by atoms with van der Waals surface area (Å²) in [7, 11) is 0. The van der Waals surface area contributed by atoms with Crippen molar-refractivity contribution in [2.24, 2.45) is 0 Å². The van der Waals surface area contributed by atoms with Crippen LogP contribution in [0.5, 0.6) is 0 Å². The maximum Gasteiger partial charge on any atom is 0.357 e. The monoisotopic (exact) mass is 341 g/mol. The van der Waals surface area contributed by atoms with Crippen molar-refractivity contribution < 1.29 is 31.1 Å². The third-order valence-electron chi connectivity index (χ3n) is 1.68. The molecule has 2 rings (SSSR count). The van der Waals surface area contributed by atoms with Crippen LogP contribution in [0.2, 0.25) is 0 Å². The third-order valence-corrected chi connectivity index (χ3v) is 4.37. The molecule has 0 saturated carbocycles. The van der Waals surface area contributed by atoms with Crippen LogP contribution in [0.1, 0.15) is 6.92 Å². The smallest absolute Gasteiger partial charge is 0.357 e. The highest BCUT2D eigenvalue weighted by Crippen LogP contribution is 1.85. The van der Waals surface area contributed by atoms with Crippen molar-refractivity contribution in [2.75, 3.05) is 0 Å². The van der Waals surface area contributed by atoms with E-state index >= 15 is 0 Å². The minimum Gasteiger partial charge on any atom is -0.481 e. The van der Waals surface area contributed by atoms with Gasteiger partial charge in [0.2, 0.25) is 0 Å². The molecule has 2 aromatic carbocycles. The first kappa shape index (κ1) is 13.7. The summed E-state index contributed by atoms with van der Waals surface area (Å²) in [5, 5.41) is 7.42. The van der Waals surface area contributed by atoms with Gasteiger partial charge in [0.05, 0.1) is 0 Å². The van der Waals surface area contributed by atoms with Crippen molar-refractivity contribution in [2.45, 2.75) is 6.92 Å². The number of rotatable bonds is 2. The first-order chi connectivity index (χ1) is 8.18.